The average molecular weight is 274 g/mol. The Labute approximate surface area is 120 Å². The molecule has 1 fully saturated rings. The summed E-state index contributed by atoms with van der Waals surface area (Å²) in [5.74, 6) is -0.0903. The van der Waals surface area contributed by atoms with Gasteiger partial charge >= 0.3 is 0 Å². The molecule has 1 aromatic carbocycles. The lowest BCUT2D eigenvalue weighted by molar-refractivity contribution is -0.148. The molecule has 2 amide bonds. The van der Waals surface area contributed by atoms with E-state index in [0.717, 1.165) is 12.1 Å². The summed E-state index contributed by atoms with van der Waals surface area (Å²) in [7, 11) is 0. The largest absolute Gasteiger partial charge is 0.309 e. The lowest BCUT2D eigenvalue weighted by atomic mass is 10.0. The van der Waals surface area contributed by atoms with Crippen LogP contribution in [0.2, 0.25) is 0 Å². The van der Waals surface area contributed by atoms with Gasteiger partial charge in [0, 0.05) is 19.4 Å². The fraction of sp³-hybridized carbons (Fsp3) is 0.500. The van der Waals surface area contributed by atoms with Crippen molar-refractivity contribution in [1.29, 1.82) is 0 Å². The molecule has 4 heteroatoms. The van der Waals surface area contributed by atoms with Gasteiger partial charge in [-0.2, -0.15) is 0 Å². The Kier molecular flexibility index (Phi) is 4.90. The second-order valence-corrected chi connectivity index (χ2v) is 5.27. The minimum Gasteiger partial charge on any atom is -0.309 e. The molecule has 1 aliphatic heterocycles. The maximum absolute atomic E-state index is 11.9. The Balaban J connectivity index is 2.14. The number of carbonyl (C=O) groups excluding carboxylic acids is 2. The summed E-state index contributed by atoms with van der Waals surface area (Å²) < 4.78 is 0. The molecule has 1 atom stereocenters. The quantitative estimate of drug-likeness (QED) is 0.837. The number of hydrogen-bond donors (Lipinski definition) is 1. The minimum atomic E-state index is -0.0451. The number of nitrogens with zero attached hydrogens (tertiary/aromatic N) is 1. The molecular weight excluding hydrogens is 252 g/mol. The molecule has 1 saturated heterocycles. The zero-order valence-electron chi connectivity index (χ0n) is 12.2. The Morgan fingerprint density at radius 3 is 2.30 bits per heavy atom. The minimum absolute atomic E-state index is 0.00611. The van der Waals surface area contributed by atoms with Gasteiger partial charge in [-0.25, -0.2) is 0 Å². The molecule has 2 rings (SSSR count). The van der Waals surface area contributed by atoms with Crippen LogP contribution in [-0.2, 0) is 9.59 Å². The van der Waals surface area contributed by atoms with Gasteiger partial charge in [-0.05, 0) is 25.5 Å². The second kappa shape index (κ2) is 6.66. The Hall–Kier alpha value is -1.68. The molecule has 0 spiro atoms. The van der Waals surface area contributed by atoms with Crippen molar-refractivity contribution in [1.82, 2.24) is 10.2 Å². The number of imide groups is 1. The molecule has 1 unspecified atom stereocenters. The first-order chi connectivity index (χ1) is 9.61. The third-order valence-corrected chi connectivity index (χ3v) is 3.68. The maximum Gasteiger partial charge on any atom is 0.229 e. The van der Waals surface area contributed by atoms with Gasteiger partial charge in [0.2, 0.25) is 11.8 Å². The molecule has 0 saturated carbocycles. The van der Waals surface area contributed by atoms with Gasteiger partial charge in [0.1, 0.15) is 0 Å². The summed E-state index contributed by atoms with van der Waals surface area (Å²) >= 11 is 0. The summed E-state index contributed by atoms with van der Waals surface area (Å²) in [6, 6.07) is 8.23. The highest BCUT2D eigenvalue weighted by atomic mass is 16.2. The van der Waals surface area contributed by atoms with Crippen molar-refractivity contribution in [2.75, 3.05) is 13.1 Å². The van der Waals surface area contributed by atoms with Crippen LogP contribution in [-0.4, -0.2) is 29.8 Å². The lowest BCUT2D eigenvalue weighted by Crippen LogP contribution is -2.45. The molecule has 4 nitrogen and oxygen atoms in total. The van der Waals surface area contributed by atoms with Gasteiger partial charge in [0.05, 0.1) is 6.04 Å². The summed E-state index contributed by atoms with van der Waals surface area (Å²) in [5.41, 5.74) is 2.32. The molecule has 0 aromatic heterocycles. The fourth-order valence-electron chi connectivity index (χ4n) is 2.52. The third kappa shape index (κ3) is 3.45. The second-order valence-electron chi connectivity index (χ2n) is 5.27. The average Bonchev–Trinajstić information content (AvgIpc) is 2.43. The lowest BCUT2D eigenvalue weighted by Gasteiger charge is -2.29. The van der Waals surface area contributed by atoms with Crippen molar-refractivity contribution in [3.8, 4) is 0 Å². The number of amides is 2. The van der Waals surface area contributed by atoms with Gasteiger partial charge < -0.3 is 5.32 Å². The van der Waals surface area contributed by atoms with Crippen molar-refractivity contribution in [3.05, 3.63) is 35.4 Å². The van der Waals surface area contributed by atoms with E-state index in [2.05, 4.69) is 29.6 Å². The molecule has 0 bridgehead atoms. The molecule has 1 aromatic rings. The fourth-order valence-corrected chi connectivity index (χ4v) is 2.52. The van der Waals surface area contributed by atoms with E-state index < -0.39 is 0 Å². The van der Waals surface area contributed by atoms with Gasteiger partial charge in [-0.3, -0.25) is 14.5 Å². The molecule has 1 heterocycles. The van der Waals surface area contributed by atoms with Gasteiger partial charge in [-0.1, -0.05) is 36.8 Å². The number of aryl methyl sites for hydroxylation is 1. The number of benzene rings is 1. The summed E-state index contributed by atoms with van der Waals surface area (Å²) in [5, 5.41) is 3.36. The van der Waals surface area contributed by atoms with Crippen LogP contribution in [0.4, 0.5) is 0 Å². The van der Waals surface area contributed by atoms with Crippen molar-refractivity contribution < 1.29 is 9.59 Å². The molecule has 0 aliphatic carbocycles. The van der Waals surface area contributed by atoms with E-state index in [1.165, 1.54) is 10.5 Å². The van der Waals surface area contributed by atoms with E-state index >= 15 is 0 Å². The summed E-state index contributed by atoms with van der Waals surface area (Å²) in [6.07, 6.45) is 1.65. The van der Waals surface area contributed by atoms with Crippen LogP contribution >= 0.6 is 0 Å². The van der Waals surface area contributed by atoms with Crippen LogP contribution in [0, 0.1) is 6.92 Å². The van der Waals surface area contributed by atoms with E-state index in [4.69, 9.17) is 0 Å². The van der Waals surface area contributed by atoms with Crippen LogP contribution in [0.1, 0.15) is 43.4 Å². The van der Waals surface area contributed by atoms with E-state index in [1.807, 2.05) is 13.8 Å². The number of rotatable bonds is 5. The van der Waals surface area contributed by atoms with Crippen LogP contribution in [0.5, 0.6) is 0 Å². The number of likely N-dealkylation sites (N-methyl/N-ethyl adjacent to an activating group) is 1. The predicted octanol–water partition coefficient (Wildman–Crippen LogP) is 2.18. The van der Waals surface area contributed by atoms with Crippen molar-refractivity contribution in [2.24, 2.45) is 0 Å². The van der Waals surface area contributed by atoms with Crippen molar-refractivity contribution >= 4 is 11.8 Å². The SMILES string of the molecule is CCNC(CN1C(=O)CCCC1=O)c1ccc(C)cc1. The smallest absolute Gasteiger partial charge is 0.229 e. The van der Waals surface area contributed by atoms with Crippen LogP contribution in [0.15, 0.2) is 24.3 Å². The topological polar surface area (TPSA) is 49.4 Å². The monoisotopic (exact) mass is 274 g/mol. The van der Waals surface area contributed by atoms with Gasteiger partial charge in [0.25, 0.3) is 0 Å². The van der Waals surface area contributed by atoms with Crippen molar-refractivity contribution in [2.45, 2.75) is 39.2 Å². The highest BCUT2D eigenvalue weighted by Crippen LogP contribution is 2.19. The summed E-state index contributed by atoms with van der Waals surface area (Å²) in [4.78, 5) is 25.2. The molecular formula is C16H22N2O2. The molecule has 1 aliphatic rings. The highest BCUT2D eigenvalue weighted by molar-refractivity contribution is 5.97. The van der Waals surface area contributed by atoms with Crippen LogP contribution in [0.3, 0.4) is 0 Å². The number of likely N-dealkylation sites (tertiary alicyclic amines) is 1. The third-order valence-electron chi connectivity index (χ3n) is 3.68. The van der Waals surface area contributed by atoms with E-state index in [9.17, 15) is 9.59 Å². The first-order valence-corrected chi connectivity index (χ1v) is 7.25. The molecule has 1 N–H and O–H groups in total. The Bertz CT molecular complexity index is 466. The maximum atomic E-state index is 11.9. The van der Waals surface area contributed by atoms with E-state index in [0.29, 0.717) is 25.8 Å². The van der Waals surface area contributed by atoms with E-state index in [1.54, 1.807) is 0 Å². The molecule has 0 radical (unpaired) electrons. The first-order valence-electron chi connectivity index (χ1n) is 7.25. The number of piperidine rings is 1. The van der Waals surface area contributed by atoms with Crippen LogP contribution in [0.25, 0.3) is 0 Å². The van der Waals surface area contributed by atoms with Gasteiger partial charge in [0.15, 0.2) is 0 Å². The predicted molar refractivity (Wildman–Crippen MR) is 78.2 cm³/mol. The number of carbonyl (C=O) groups is 2. The first kappa shape index (κ1) is 14.7. The standard InChI is InChI=1S/C16H22N2O2/c1-3-17-14(13-9-7-12(2)8-10-13)11-18-15(19)5-4-6-16(18)20/h7-10,14,17H,3-6,11H2,1-2H3. The number of hydrogen-bond acceptors (Lipinski definition) is 3. The Morgan fingerprint density at radius 1 is 1.15 bits per heavy atom. The zero-order valence-corrected chi connectivity index (χ0v) is 12.2. The molecule has 20 heavy (non-hydrogen) atoms. The number of nitrogens with one attached hydrogen (secondary N) is 1. The summed E-state index contributed by atoms with van der Waals surface area (Å²) in [6.45, 7) is 5.30. The molecule has 108 valence electrons. The normalized spacial score (nSPS) is 17.4. The highest BCUT2D eigenvalue weighted by Gasteiger charge is 2.28. The Morgan fingerprint density at radius 2 is 1.75 bits per heavy atom. The zero-order chi connectivity index (χ0) is 14.5. The van der Waals surface area contributed by atoms with Crippen molar-refractivity contribution in [3.63, 3.8) is 0 Å². The van der Waals surface area contributed by atoms with Crippen LogP contribution < -0.4 is 5.32 Å². The van der Waals surface area contributed by atoms with Gasteiger partial charge in [-0.15, -0.1) is 0 Å². The van der Waals surface area contributed by atoms with E-state index in [-0.39, 0.29) is 17.9 Å².